The first-order valence-corrected chi connectivity index (χ1v) is 4.00. The van der Waals surface area contributed by atoms with Crippen molar-refractivity contribution in [3.05, 3.63) is 18.2 Å². The number of hydrogen-bond donors (Lipinski definition) is 2. The lowest BCUT2D eigenvalue weighted by molar-refractivity contribution is -0.115. The van der Waals surface area contributed by atoms with Crippen molar-refractivity contribution < 1.29 is 4.79 Å². The van der Waals surface area contributed by atoms with E-state index in [0.29, 0.717) is 12.4 Å². The maximum Gasteiger partial charge on any atom is 0.297 e. The van der Waals surface area contributed by atoms with Crippen molar-refractivity contribution >= 4 is 21.8 Å². The van der Waals surface area contributed by atoms with Gasteiger partial charge in [-0.2, -0.15) is 0 Å². The van der Waals surface area contributed by atoms with Gasteiger partial charge in [0.1, 0.15) is 5.82 Å². The Hall–Kier alpha value is -1.28. The molecule has 62 valence electrons. The molecule has 5 heteroatoms. The number of nitrogens with one attached hydrogen (secondary N) is 2. The molecule has 0 saturated carbocycles. The SMILES string of the molecule is O=C(C#CBr)NCc1ncc[nH]1. The number of imidazole rings is 1. The predicted octanol–water partition coefficient (Wildman–Crippen LogP) is 0.382. The summed E-state index contributed by atoms with van der Waals surface area (Å²) in [6.45, 7) is 0.369. The van der Waals surface area contributed by atoms with Crippen molar-refractivity contribution in [1.82, 2.24) is 15.3 Å². The number of H-pyrrole nitrogens is 1. The van der Waals surface area contributed by atoms with Crippen molar-refractivity contribution in [3.63, 3.8) is 0 Å². The zero-order valence-electron chi connectivity index (χ0n) is 6.10. The van der Waals surface area contributed by atoms with Crippen molar-refractivity contribution in [2.24, 2.45) is 0 Å². The van der Waals surface area contributed by atoms with Crippen LogP contribution >= 0.6 is 15.9 Å². The van der Waals surface area contributed by atoms with Crippen LogP contribution in [-0.4, -0.2) is 15.9 Å². The first-order valence-electron chi connectivity index (χ1n) is 3.20. The number of halogens is 1. The first kappa shape index (κ1) is 8.81. The third kappa shape index (κ3) is 2.76. The summed E-state index contributed by atoms with van der Waals surface area (Å²) in [4.78, 5) is 19.9. The summed E-state index contributed by atoms with van der Waals surface area (Å²) < 4.78 is 0. The fourth-order valence-corrected chi connectivity index (χ4v) is 0.826. The van der Waals surface area contributed by atoms with Gasteiger partial charge in [-0.05, 0) is 4.83 Å². The molecule has 0 fully saturated rings. The van der Waals surface area contributed by atoms with Crippen LogP contribution in [0.2, 0.25) is 0 Å². The number of rotatable bonds is 2. The van der Waals surface area contributed by atoms with Gasteiger partial charge in [0.15, 0.2) is 0 Å². The number of carbonyl (C=O) groups is 1. The van der Waals surface area contributed by atoms with Gasteiger partial charge in [-0.1, -0.05) is 0 Å². The highest BCUT2D eigenvalue weighted by Gasteiger charge is 1.96. The van der Waals surface area contributed by atoms with Crippen LogP contribution in [0.5, 0.6) is 0 Å². The number of nitrogens with zero attached hydrogens (tertiary/aromatic N) is 1. The molecule has 0 spiro atoms. The second-order valence-corrected chi connectivity index (χ2v) is 2.33. The van der Waals surface area contributed by atoms with Gasteiger partial charge in [0.2, 0.25) is 0 Å². The van der Waals surface area contributed by atoms with Crippen molar-refractivity contribution in [2.45, 2.75) is 6.54 Å². The fourth-order valence-electron chi connectivity index (χ4n) is 0.646. The van der Waals surface area contributed by atoms with E-state index >= 15 is 0 Å². The van der Waals surface area contributed by atoms with Crippen LogP contribution in [0.4, 0.5) is 0 Å². The minimum absolute atomic E-state index is 0.330. The normalized spacial score (nSPS) is 8.42. The number of carbonyl (C=O) groups excluding carboxylic acids is 1. The molecule has 0 atom stereocenters. The molecule has 4 nitrogen and oxygen atoms in total. The predicted molar refractivity (Wildman–Crippen MR) is 47.1 cm³/mol. The Kier molecular flexibility index (Phi) is 3.35. The van der Waals surface area contributed by atoms with Gasteiger partial charge < -0.3 is 10.3 Å². The summed E-state index contributed by atoms with van der Waals surface area (Å²) in [5.41, 5.74) is 0. The van der Waals surface area contributed by atoms with Gasteiger partial charge in [-0.15, -0.1) is 0 Å². The highest BCUT2D eigenvalue weighted by Crippen LogP contribution is 1.85. The molecule has 0 aliphatic carbocycles. The van der Waals surface area contributed by atoms with Gasteiger partial charge in [-0.25, -0.2) is 4.98 Å². The van der Waals surface area contributed by atoms with E-state index in [9.17, 15) is 4.79 Å². The maximum atomic E-state index is 10.8. The van der Waals surface area contributed by atoms with E-state index in [1.165, 1.54) is 0 Å². The van der Waals surface area contributed by atoms with Crippen LogP contribution in [0.1, 0.15) is 5.82 Å². The number of hydrogen-bond acceptors (Lipinski definition) is 2. The van der Waals surface area contributed by atoms with Crippen molar-refractivity contribution in [2.75, 3.05) is 0 Å². The van der Waals surface area contributed by atoms with E-state index in [2.05, 4.69) is 42.0 Å². The van der Waals surface area contributed by atoms with Crippen LogP contribution in [-0.2, 0) is 11.3 Å². The molecule has 0 aromatic carbocycles. The molecule has 1 rings (SSSR count). The maximum absolute atomic E-state index is 10.8. The lowest BCUT2D eigenvalue weighted by Gasteiger charge is -1.95. The van der Waals surface area contributed by atoms with Crippen LogP contribution in [0.15, 0.2) is 12.4 Å². The summed E-state index contributed by atoms with van der Waals surface area (Å²) in [7, 11) is 0. The Morgan fingerprint density at radius 2 is 2.67 bits per heavy atom. The Morgan fingerprint density at radius 1 is 1.83 bits per heavy atom. The van der Waals surface area contributed by atoms with Crippen molar-refractivity contribution in [3.8, 4) is 10.8 Å². The number of aromatic amines is 1. The first-order chi connectivity index (χ1) is 5.83. The molecular weight excluding hydrogens is 222 g/mol. The summed E-state index contributed by atoms with van der Waals surface area (Å²) in [6.07, 6.45) is 3.31. The van der Waals surface area contributed by atoms with Crippen molar-refractivity contribution in [1.29, 1.82) is 0 Å². The number of aromatic nitrogens is 2. The summed E-state index contributed by atoms with van der Waals surface area (Å²) >= 11 is 2.82. The largest absolute Gasteiger partial charge is 0.347 e. The van der Waals surface area contributed by atoms with E-state index in [4.69, 9.17) is 0 Å². The quantitative estimate of drug-likeness (QED) is 0.719. The standard InChI is InChI=1S/C7H6BrN3O/c8-2-1-7(12)11-5-6-9-3-4-10-6/h3-4H,5H2,(H,9,10)(H,11,12). The second kappa shape index (κ2) is 4.57. The van der Waals surface area contributed by atoms with Gasteiger partial charge in [0, 0.05) is 34.2 Å². The molecule has 12 heavy (non-hydrogen) atoms. The molecule has 0 bridgehead atoms. The van der Waals surface area contributed by atoms with E-state index in [1.54, 1.807) is 12.4 Å². The zero-order valence-corrected chi connectivity index (χ0v) is 7.68. The molecule has 0 saturated heterocycles. The van der Waals surface area contributed by atoms with E-state index in [1.807, 2.05) is 0 Å². The molecule has 1 heterocycles. The average Bonchev–Trinajstić information content (AvgIpc) is 2.53. The summed E-state index contributed by atoms with van der Waals surface area (Å²) in [5, 5.41) is 2.55. The van der Waals surface area contributed by atoms with Crippen LogP contribution in [0.25, 0.3) is 0 Å². The van der Waals surface area contributed by atoms with E-state index < -0.39 is 0 Å². The summed E-state index contributed by atoms with van der Waals surface area (Å²) in [5.74, 6) is 2.66. The summed E-state index contributed by atoms with van der Waals surface area (Å²) in [6, 6.07) is 0. The minimum Gasteiger partial charge on any atom is -0.347 e. The fraction of sp³-hybridized carbons (Fsp3) is 0.143. The molecule has 2 N–H and O–H groups in total. The molecule has 0 aliphatic heterocycles. The van der Waals surface area contributed by atoms with Gasteiger partial charge >= 0.3 is 0 Å². The van der Waals surface area contributed by atoms with Gasteiger partial charge in [0.05, 0.1) is 6.54 Å². The zero-order chi connectivity index (χ0) is 8.81. The third-order valence-electron chi connectivity index (χ3n) is 1.13. The van der Waals surface area contributed by atoms with Gasteiger partial charge in [-0.3, -0.25) is 4.79 Å². The number of amides is 1. The van der Waals surface area contributed by atoms with E-state index in [0.717, 1.165) is 0 Å². The molecular formula is C7H6BrN3O. The lowest BCUT2D eigenvalue weighted by Crippen LogP contribution is -2.21. The molecule has 1 amide bonds. The third-order valence-corrected chi connectivity index (χ3v) is 1.33. The van der Waals surface area contributed by atoms with Crippen LogP contribution in [0.3, 0.4) is 0 Å². The van der Waals surface area contributed by atoms with Gasteiger partial charge in [0.25, 0.3) is 5.91 Å². The molecule has 0 radical (unpaired) electrons. The molecule has 1 aromatic rings. The Bertz CT molecular complexity index is 309. The highest BCUT2D eigenvalue weighted by atomic mass is 79.9. The Labute approximate surface area is 77.9 Å². The molecule has 1 aromatic heterocycles. The van der Waals surface area contributed by atoms with Crippen LogP contribution < -0.4 is 5.32 Å². The average molecular weight is 228 g/mol. The smallest absolute Gasteiger partial charge is 0.297 e. The second-order valence-electron chi connectivity index (χ2n) is 1.94. The monoisotopic (exact) mass is 227 g/mol. The minimum atomic E-state index is -0.330. The molecule has 0 aliphatic rings. The van der Waals surface area contributed by atoms with E-state index in [-0.39, 0.29) is 5.91 Å². The Balaban J connectivity index is 2.35. The Morgan fingerprint density at radius 3 is 3.25 bits per heavy atom. The molecule has 0 unspecified atom stereocenters. The lowest BCUT2D eigenvalue weighted by atomic mass is 10.5. The van der Waals surface area contributed by atoms with Crippen LogP contribution in [0, 0.1) is 10.8 Å². The highest BCUT2D eigenvalue weighted by molar-refractivity contribution is 9.12. The topological polar surface area (TPSA) is 57.8 Å².